The minimum Gasteiger partial charge on any atom is -0.380 e. The number of amides is 1. The van der Waals surface area contributed by atoms with Crippen LogP contribution < -0.4 is 11.1 Å². The Labute approximate surface area is 115 Å². The average molecular weight is 269 g/mol. The molecule has 0 aromatic carbocycles. The van der Waals surface area contributed by atoms with E-state index in [-0.39, 0.29) is 12.0 Å². The zero-order valence-electron chi connectivity index (χ0n) is 12.1. The zero-order valence-corrected chi connectivity index (χ0v) is 12.1. The summed E-state index contributed by atoms with van der Waals surface area (Å²) in [5, 5.41) is 3.04. The summed E-state index contributed by atoms with van der Waals surface area (Å²) in [7, 11) is 3.83. The minimum absolute atomic E-state index is 0.0589. The molecular weight excluding hydrogens is 242 g/mol. The highest BCUT2D eigenvalue weighted by atomic mass is 16.5. The number of carbonyl (C=O) groups excluding carboxylic acids is 1. The van der Waals surface area contributed by atoms with Gasteiger partial charge in [0.15, 0.2) is 0 Å². The van der Waals surface area contributed by atoms with Crippen molar-refractivity contribution >= 4 is 5.91 Å². The Morgan fingerprint density at radius 2 is 2.05 bits per heavy atom. The van der Waals surface area contributed by atoms with Crippen molar-refractivity contribution in [3.8, 4) is 0 Å². The van der Waals surface area contributed by atoms with E-state index in [1.807, 2.05) is 0 Å². The zero-order chi connectivity index (χ0) is 13.8. The van der Waals surface area contributed by atoms with Crippen LogP contribution in [0.2, 0.25) is 0 Å². The molecule has 1 amide bonds. The number of hydrogen-bond donors (Lipinski definition) is 2. The van der Waals surface area contributed by atoms with Gasteiger partial charge in [-0.15, -0.1) is 0 Å². The van der Waals surface area contributed by atoms with Gasteiger partial charge in [0.25, 0.3) is 0 Å². The SMILES string of the molecule is COC(CN)CC(=O)NCC1CC2CCC(C1)N2C. The van der Waals surface area contributed by atoms with Crippen molar-refractivity contribution < 1.29 is 9.53 Å². The van der Waals surface area contributed by atoms with Crippen molar-refractivity contribution in [2.75, 3.05) is 27.2 Å². The number of piperidine rings is 1. The molecule has 5 nitrogen and oxygen atoms in total. The molecule has 2 bridgehead atoms. The third-order valence-corrected chi connectivity index (χ3v) is 4.79. The number of carbonyl (C=O) groups is 1. The van der Waals surface area contributed by atoms with Crippen LogP contribution in [0, 0.1) is 5.92 Å². The number of ether oxygens (including phenoxy) is 1. The number of nitrogens with one attached hydrogen (secondary N) is 1. The maximum absolute atomic E-state index is 11.8. The Bertz CT molecular complexity index is 293. The lowest BCUT2D eigenvalue weighted by Gasteiger charge is -2.36. The molecule has 2 aliphatic heterocycles. The van der Waals surface area contributed by atoms with Gasteiger partial charge < -0.3 is 20.7 Å². The second-order valence-electron chi connectivity index (χ2n) is 5.99. The number of methoxy groups -OCH3 is 1. The quantitative estimate of drug-likeness (QED) is 0.729. The third kappa shape index (κ3) is 3.68. The van der Waals surface area contributed by atoms with Crippen LogP contribution >= 0.6 is 0 Å². The molecule has 2 heterocycles. The van der Waals surface area contributed by atoms with Crippen molar-refractivity contribution in [1.82, 2.24) is 10.2 Å². The van der Waals surface area contributed by atoms with E-state index >= 15 is 0 Å². The highest BCUT2D eigenvalue weighted by Crippen LogP contribution is 2.36. The predicted molar refractivity (Wildman–Crippen MR) is 74.8 cm³/mol. The first-order chi connectivity index (χ1) is 9.13. The normalized spacial score (nSPS) is 32.3. The van der Waals surface area contributed by atoms with Crippen LogP contribution in [-0.2, 0) is 9.53 Å². The fourth-order valence-corrected chi connectivity index (χ4v) is 3.49. The molecule has 5 heteroatoms. The molecule has 0 radical (unpaired) electrons. The summed E-state index contributed by atoms with van der Waals surface area (Å²) in [5.74, 6) is 0.695. The molecule has 0 spiro atoms. The van der Waals surface area contributed by atoms with Crippen LogP contribution in [0.15, 0.2) is 0 Å². The van der Waals surface area contributed by atoms with Crippen molar-refractivity contribution in [2.45, 2.75) is 50.3 Å². The molecule has 2 rings (SSSR count). The summed E-state index contributed by atoms with van der Waals surface area (Å²) in [6, 6.07) is 1.47. The number of nitrogens with two attached hydrogens (primary N) is 1. The van der Waals surface area contributed by atoms with Crippen molar-refractivity contribution in [3.05, 3.63) is 0 Å². The van der Waals surface area contributed by atoms with E-state index in [2.05, 4.69) is 17.3 Å². The lowest BCUT2D eigenvalue weighted by molar-refractivity contribution is -0.123. The standard InChI is InChI=1S/C14H27N3O2/c1-17-11-3-4-12(17)6-10(5-11)9-16-14(18)7-13(8-15)19-2/h10-13H,3-9,15H2,1-2H3,(H,16,18). The average Bonchev–Trinajstić information content (AvgIpc) is 2.65. The van der Waals surface area contributed by atoms with Gasteiger partial charge in [-0.2, -0.15) is 0 Å². The van der Waals surface area contributed by atoms with Crippen LogP contribution in [0.5, 0.6) is 0 Å². The highest BCUT2D eigenvalue weighted by molar-refractivity contribution is 5.76. The van der Waals surface area contributed by atoms with Gasteiger partial charge in [0, 0.05) is 32.3 Å². The Morgan fingerprint density at radius 3 is 2.58 bits per heavy atom. The molecule has 110 valence electrons. The van der Waals surface area contributed by atoms with Gasteiger partial charge in [0.2, 0.25) is 5.91 Å². The summed E-state index contributed by atoms with van der Waals surface area (Å²) in [6.07, 6.45) is 5.30. The molecule has 19 heavy (non-hydrogen) atoms. The molecule has 3 atom stereocenters. The topological polar surface area (TPSA) is 67.6 Å². The van der Waals surface area contributed by atoms with E-state index < -0.39 is 0 Å². The third-order valence-electron chi connectivity index (χ3n) is 4.79. The van der Waals surface area contributed by atoms with E-state index in [1.54, 1.807) is 7.11 Å². The van der Waals surface area contributed by atoms with Crippen molar-refractivity contribution in [1.29, 1.82) is 0 Å². The second-order valence-corrected chi connectivity index (χ2v) is 5.99. The summed E-state index contributed by atoms with van der Waals surface area (Å²) in [5.41, 5.74) is 5.52. The van der Waals surface area contributed by atoms with E-state index in [4.69, 9.17) is 10.5 Å². The Hall–Kier alpha value is -0.650. The van der Waals surface area contributed by atoms with Crippen molar-refractivity contribution in [2.24, 2.45) is 11.7 Å². The molecule has 0 aromatic rings. The van der Waals surface area contributed by atoms with Crippen molar-refractivity contribution in [3.63, 3.8) is 0 Å². The van der Waals surface area contributed by atoms with Crippen LogP contribution in [-0.4, -0.2) is 56.2 Å². The molecular formula is C14H27N3O2. The second kappa shape index (κ2) is 6.68. The van der Waals surface area contributed by atoms with Gasteiger partial charge >= 0.3 is 0 Å². The number of nitrogens with zero attached hydrogens (tertiary/aromatic N) is 1. The molecule has 3 N–H and O–H groups in total. The van der Waals surface area contributed by atoms with Gasteiger partial charge in [-0.05, 0) is 38.6 Å². The van der Waals surface area contributed by atoms with E-state index in [0.717, 1.165) is 18.6 Å². The number of hydrogen-bond acceptors (Lipinski definition) is 4. The van der Waals surface area contributed by atoms with Crippen LogP contribution in [0.25, 0.3) is 0 Å². The lowest BCUT2D eigenvalue weighted by Crippen LogP contribution is -2.43. The van der Waals surface area contributed by atoms with Crippen LogP contribution in [0.1, 0.15) is 32.1 Å². The van der Waals surface area contributed by atoms with Crippen LogP contribution in [0.3, 0.4) is 0 Å². The van der Waals surface area contributed by atoms with E-state index in [1.165, 1.54) is 25.7 Å². The fourth-order valence-electron chi connectivity index (χ4n) is 3.49. The van der Waals surface area contributed by atoms with Gasteiger partial charge in [-0.25, -0.2) is 0 Å². The smallest absolute Gasteiger partial charge is 0.222 e. The molecule has 2 aliphatic rings. The summed E-state index contributed by atoms with van der Waals surface area (Å²) < 4.78 is 5.13. The molecule has 2 saturated heterocycles. The molecule has 3 unspecified atom stereocenters. The number of rotatable bonds is 6. The maximum Gasteiger partial charge on any atom is 0.222 e. The number of fused-ring (bicyclic) bond motifs is 2. The molecule has 2 fully saturated rings. The van der Waals surface area contributed by atoms with Gasteiger partial charge in [0.05, 0.1) is 12.5 Å². The lowest BCUT2D eigenvalue weighted by atomic mass is 9.91. The molecule has 0 aliphatic carbocycles. The minimum atomic E-state index is -0.159. The molecule has 0 aromatic heterocycles. The monoisotopic (exact) mass is 269 g/mol. The summed E-state index contributed by atoms with van der Waals surface area (Å²) in [6.45, 7) is 1.20. The largest absolute Gasteiger partial charge is 0.380 e. The fraction of sp³-hybridized carbons (Fsp3) is 0.929. The maximum atomic E-state index is 11.8. The Balaban J connectivity index is 1.70. The van der Waals surface area contributed by atoms with Gasteiger partial charge in [-0.3, -0.25) is 4.79 Å². The Morgan fingerprint density at radius 1 is 1.42 bits per heavy atom. The Kier molecular flexibility index (Phi) is 5.19. The summed E-state index contributed by atoms with van der Waals surface area (Å²) >= 11 is 0. The predicted octanol–water partition coefficient (Wildman–Crippen LogP) is 0.339. The van der Waals surface area contributed by atoms with Gasteiger partial charge in [-0.1, -0.05) is 0 Å². The molecule has 0 saturated carbocycles. The first-order valence-electron chi connectivity index (χ1n) is 7.35. The van der Waals surface area contributed by atoms with E-state index in [9.17, 15) is 4.79 Å². The van der Waals surface area contributed by atoms with Crippen LogP contribution in [0.4, 0.5) is 0 Å². The van der Waals surface area contributed by atoms with E-state index in [0.29, 0.717) is 18.9 Å². The first-order valence-corrected chi connectivity index (χ1v) is 7.35. The highest BCUT2D eigenvalue weighted by Gasteiger charge is 2.38. The summed E-state index contributed by atoms with van der Waals surface area (Å²) in [4.78, 5) is 14.3. The first kappa shape index (κ1) is 14.8. The van der Waals surface area contributed by atoms with Gasteiger partial charge in [0.1, 0.15) is 0 Å².